The second-order valence-electron chi connectivity index (χ2n) is 3.39. The first-order valence-corrected chi connectivity index (χ1v) is 4.80. The Balaban J connectivity index is 2.61. The van der Waals surface area contributed by atoms with Gasteiger partial charge in [0.25, 0.3) is 0 Å². The van der Waals surface area contributed by atoms with Gasteiger partial charge < -0.3 is 5.11 Å². The second-order valence-corrected chi connectivity index (χ2v) is 3.39. The lowest BCUT2D eigenvalue weighted by molar-refractivity contribution is 0.104. The molecule has 0 atom stereocenters. The number of carbonyl (C=O) groups is 1. The van der Waals surface area contributed by atoms with Crippen molar-refractivity contribution in [3.63, 3.8) is 0 Å². The largest absolute Gasteiger partial charge is 0.512 e. The van der Waals surface area contributed by atoms with E-state index in [2.05, 4.69) is 9.97 Å². The van der Waals surface area contributed by atoms with Crippen molar-refractivity contribution in [2.75, 3.05) is 0 Å². The van der Waals surface area contributed by atoms with Crippen LogP contribution in [0, 0.1) is 0 Å². The summed E-state index contributed by atoms with van der Waals surface area (Å²) in [6, 6.07) is 7.25. The van der Waals surface area contributed by atoms with Crippen molar-refractivity contribution >= 4 is 16.7 Å². The monoisotopic (exact) mass is 214 g/mol. The van der Waals surface area contributed by atoms with Crippen LogP contribution in [0.4, 0.5) is 0 Å². The molecule has 0 aliphatic heterocycles. The van der Waals surface area contributed by atoms with Crippen molar-refractivity contribution in [3.05, 3.63) is 48.1 Å². The van der Waals surface area contributed by atoms with Crippen LogP contribution < -0.4 is 0 Å². The van der Waals surface area contributed by atoms with Crippen molar-refractivity contribution in [3.8, 4) is 0 Å². The third-order valence-electron chi connectivity index (χ3n) is 2.12. The van der Waals surface area contributed by atoms with Crippen molar-refractivity contribution in [1.82, 2.24) is 9.97 Å². The van der Waals surface area contributed by atoms with Gasteiger partial charge in [0.2, 0.25) is 5.78 Å². The Bertz CT molecular complexity index is 567. The molecular weight excluding hydrogens is 204 g/mol. The number of nitrogens with zero attached hydrogens (tertiary/aromatic N) is 2. The summed E-state index contributed by atoms with van der Waals surface area (Å²) < 4.78 is 0. The number of aliphatic hydroxyl groups excluding tert-OH is 1. The standard InChI is InChI=1S/C12H10N2O2/c1-8(15)6-11(16)12-9-4-2-3-5-10(9)13-7-14-12/h2-7,15H,1H3/b8-6-. The Hall–Kier alpha value is -2.23. The Kier molecular flexibility index (Phi) is 2.64. The summed E-state index contributed by atoms with van der Waals surface area (Å²) in [7, 11) is 0. The van der Waals surface area contributed by atoms with Crippen LogP contribution in [0.15, 0.2) is 42.4 Å². The number of carbonyl (C=O) groups excluding carboxylic acids is 1. The van der Waals surface area contributed by atoms with E-state index in [1.807, 2.05) is 18.2 Å². The Morgan fingerprint density at radius 2 is 2.06 bits per heavy atom. The van der Waals surface area contributed by atoms with Crippen molar-refractivity contribution in [2.24, 2.45) is 0 Å². The summed E-state index contributed by atoms with van der Waals surface area (Å²) in [5.41, 5.74) is 1.02. The average molecular weight is 214 g/mol. The molecule has 0 bridgehead atoms. The van der Waals surface area contributed by atoms with Crippen LogP contribution in [0.25, 0.3) is 10.9 Å². The minimum absolute atomic E-state index is 0.0345. The van der Waals surface area contributed by atoms with Crippen molar-refractivity contribution in [2.45, 2.75) is 6.92 Å². The highest BCUT2D eigenvalue weighted by Crippen LogP contribution is 2.14. The van der Waals surface area contributed by atoms with Gasteiger partial charge in [-0.05, 0) is 13.0 Å². The molecule has 1 aromatic heterocycles. The fourth-order valence-electron chi connectivity index (χ4n) is 1.46. The number of rotatable bonds is 2. The van der Waals surface area contributed by atoms with Crippen LogP contribution in [0.1, 0.15) is 17.4 Å². The van der Waals surface area contributed by atoms with Gasteiger partial charge in [-0.3, -0.25) is 4.79 Å². The van der Waals surface area contributed by atoms with Gasteiger partial charge >= 0.3 is 0 Å². The molecular formula is C12H10N2O2. The van der Waals surface area contributed by atoms with Gasteiger partial charge in [0.05, 0.1) is 11.3 Å². The van der Waals surface area contributed by atoms with E-state index < -0.39 is 0 Å². The molecule has 0 radical (unpaired) electrons. The molecule has 16 heavy (non-hydrogen) atoms. The van der Waals surface area contributed by atoms with Gasteiger partial charge in [0, 0.05) is 11.5 Å². The smallest absolute Gasteiger partial charge is 0.208 e. The molecule has 0 unspecified atom stereocenters. The van der Waals surface area contributed by atoms with E-state index in [9.17, 15) is 4.79 Å². The number of ketones is 1. The van der Waals surface area contributed by atoms with Crippen molar-refractivity contribution < 1.29 is 9.90 Å². The highest BCUT2D eigenvalue weighted by Gasteiger charge is 2.09. The fraction of sp³-hybridized carbons (Fsp3) is 0.0833. The second kappa shape index (κ2) is 4.10. The maximum Gasteiger partial charge on any atom is 0.208 e. The van der Waals surface area contributed by atoms with E-state index in [4.69, 9.17) is 5.11 Å². The first kappa shape index (κ1) is 10.3. The molecule has 1 aromatic carbocycles. The topological polar surface area (TPSA) is 63.1 Å². The van der Waals surface area contributed by atoms with Crippen molar-refractivity contribution in [1.29, 1.82) is 0 Å². The van der Waals surface area contributed by atoms with E-state index in [0.29, 0.717) is 16.6 Å². The van der Waals surface area contributed by atoms with E-state index in [0.717, 1.165) is 6.08 Å². The molecule has 0 fully saturated rings. The molecule has 0 saturated carbocycles. The first-order chi connectivity index (χ1) is 7.68. The maximum atomic E-state index is 11.7. The summed E-state index contributed by atoms with van der Waals surface area (Å²) in [4.78, 5) is 19.7. The zero-order valence-electron chi connectivity index (χ0n) is 8.71. The summed E-state index contributed by atoms with van der Waals surface area (Å²) in [6.07, 6.45) is 2.49. The lowest BCUT2D eigenvalue weighted by atomic mass is 10.1. The van der Waals surface area contributed by atoms with Gasteiger partial charge in [-0.1, -0.05) is 18.2 Å². The molecule has 0 aliphatic rings. The molecule has 1 heterocycles. The molecule has 0 spiro atoms. The number of aromatic nitrogens is 2. The number of hydrogen-bond acceptors (Lipinski definition) is 4. The summed E-state index contributed by atoms with van der Waals surface area (Å²) in [6.45, 7) is 1.45. The van der Waals surface area contributed by atoms with E-state index in [-0.39, 0.29) is 11.5 Å². The average Bonchev–Trinajstić information content (AvgIpc) is 2.27. The molecule has 0 saturated heterocycles. The normalized spacial score (nSPS) is 11.7. The molecule has 0 amide bonds. The van der Waals surface area contributed by atoms with Gasteiger partial charge in [-0.15, -0.1) is 0 Å². The quantitative estimate of drug-likeness (QED) is 0.473. The molecule has 4 nitrogen and oxygen atoms in total. The van der Waals surface area contributed by atoms with Gasteiger partial charge in [-0.25, -0.2) is 9.97 Å². The van der Waals surface area contributed by atoms with Crippen LogP contribution in [0.5, 0.6) is 0 Å². The number of fused-ring (bicyclic) bond motifs is 1. The summed E-state index contributed by atoms with van der Waals surface area (Å²) in [5.74, 6) is -0.355. The van der Waals surface area contributed by atoms with Crippen LogP contribution in [-0.2, 0) is 0 Å². The number of hydrogen-bond donors (Lipinski definition) is 1. The zero-order valence-corrected chi connectivity index (χ0v) is 8.71. The lowest BCUT2D eigenvalue weighted by Gasteiger charge is -2.00. The lowest BCUT2D eigenvalue weighted by Crippen LogP contribution is -2.01. The molecule has 2 aromatic rings. The first-order valence-electron chi connectivity index (χ1n) is 4.80. The van der Waals surface area contributed by atoms with E-state index in [1.165, 1.54) is 13.3 Å². The molecule has 2 rings (SSSR count). The zero-order chi connectivity index (χ0) is 11.5. The van der Waals surface area contributed by atoms with Crippen LogP contribution in [0.2, 0.25) is 0 Å². The summed E-state index contributed by atoms with van der Waals surface area (Å²) >= 11 is 0. The molecule has 4 heteroatoms. The maximum absolute atomic E-state index is 11.7. The predicted octanol–water partition coefficient (Wildman–Crippen LogP) is 2.27. The highest BCUT2D eigenvalue weighted by molar-refractivity contribution is 6.11. The number of para-hydroxylation sites is 1. The fourth-order valence-corrected chi connectivity index (χ4v) is 1.46. The molecule has 0 aliphatic carbocycles. The number of benzene rings is 1. The van der Waals surface area contributed by atoms with E-state index in [1.54, 1.807) is 6.07 Å². The van der Waals surface area contributed by atoms with Gasteiger partial charge in [0.1, 0.15) is 12.0 Å². The SMILES string of the molecule is C/C(O)=C/C(=O)c1ncnc2ccccc12. The summed E-state index contributed by atoms with van der Waals surface area (Å²) in [5, 5.41) is 9.74. The third kappa shape index (κ3) is 1.91. The Morgan fingerprint density at radius 3 is 2.81 bits per heavy atom. The third-order valence-corrected chi connectivity index (χ3v) is 2.12. The van der Waals surface area contributed by atoms with Crippen LogP contribution in [-0.4, -0.2) is 20.9 Å². The van der Waals surface area contributed by atoms with Crippen LogP contribution in [0.3, 0.4) is 0 Å². The van der Waals surface area contributed by atoms with E-state index >= 15 is 0 Å². The highest BCUT2D eigenvalue weighted by atomic mass is 16.3. The number of allylic oxidation sites excluding steroid dienone is 2. The molecule has 80 valence electrons. The minimum atomic E-state index is -0.321. The Labute approximate surface area is 92.3 Å². The Morgan fingerprint density at radius 1 is 1.31 bits per heavy atom. The molecule has 1 N–H and O–H groups in total. The van der Waals surface area contributed by atoms with Gasteiger partial charge in [-0.2, -0.15) is 0 Å². The van der Waals surface area contributed by atoms with Gasteiger partial charge in [0.15, 0.2) is 0 Å². The van der Waals surface area contributed by atoms with Crippen LogP contribution >= 0.6 is 0 Å². The number of aliphatic hydroxyl groups is 1. The minimum Gasteiger partial charge on any atom is -0.512 e. The predicted molar refractivity (Wildman–Crippen MR) is 60.3 cm³/mol.